The van der Waals surface area contributed by atoms with Crippen LogP contribution in [0.5, 0.6) is 5.75 Å². The van der Waals surface area contributed by atoms with Gasteiger partial charge in [-0.15, -0.1) is 0 Å². The largest absolute Gasteiger partial charge is 0.488 e. The molecule has 0 saturated heterocycles. The first kappa shape index (κ1) is 12.8. The molecule has 0 aliphatic heterocycles. The van der Waals surface area contributed by atoms with Gasteiger partial charge in [-0.1, -0.05) is 23.7 Å². The van der Waals surface area contributed by atoms with Gasteiger partial charge in [0.15, 0.2) is 0 Å². The minimum absolute atomic E-state index is 0.0350. The van der Waals surface area contributed by atoms with Crippen molar-refractivity contribution in [3.05, 3.63) is 64.2 Å². The summed E-state index contributed by atoms with van der Waals surface area (Å²) < 4.78 is 31.9. The van der Waals surface area contributed by atoms with Crippen molar-refractivity contribution in [3.63, 3.8) is 0 Å². The van der Waals surface area contributed by atoms with E-state index in [0.29, 0.717) is 16.3 Å². The first-order valence-electron chi connectivity index (χ1n) is 5.39. The second kappa shape index (κ2) is 5.36. The van der Waals surface area contributed by atoms with Crippen LogP contribution in [0.25, 0.3) is 0 Å². The quantitative estimate of drug-likeness (QED) is 0.796. The smallest absolute Gasteiger partial charge is 0.131 e. The summed E-state index contributed by atoms with van der Waals surface area (Å²) in [7, 11) is 0. The first-order chi connectivity index (χ1) is 8.56. The lowest BCUT2D eigenvalue weighted by Gasteiger charge is -2.10. The highest BCUT2D eigenvalue weighted by atomic mass is 35.5. The molecule has 0 radical (unpaired) electrons. The van der Waals surface area contributed by atoms with E-state index in [9.17, 15) is 8.78 Å². The summed E-state index contributed by atoms with van der Waals surface area (Å²) >= 11 is 5.65. The summed E-state index contributed by atoms with van der Waals surface area (Å²) in [6.07, 6.45) is 0. The molecule has 0 aliphatic rings. The highest BCUT2D eigenvalue weighted by Crippen LogP contribution is 2.21. The van der Waals surface area contributed by atoms with Gasteiger partial charge >= 0.3 is 0 Å². The van der Waals surface area contributed by atoms with Crippen LogP contribution in [0.2, 0.25) is 5.02 Å². The van der Waals surface area contributed by atoms with E-state index >= 15 is 0 Å². The van der Waals surface area contributed by atoms with Crippen LogP contribution in [0.1, 0.15) is 11.1 Å². The second-order valence-corrected chi connectivity index (χ2v) is 4.37. The van der Waals surface area contributed by atoms with E-state index in [2.05, 4.69) is 0 Å². The predicted molar refractivity (Wildman–Crippen MR) is 66.9 cm³/mol. The van der Waals surface area contributed by atoms with E-state index < -0.39 is 5.82 Å². The van der Waals surface area contributed by atoms with E-state index in [1.807, 2.05) is 0 Å². The van der Waals surface area contributed by atoms with Gasteiger partial charge in [0, 0.05) is 16.7 Å². The minimum atomic E-state index is -0.434. The molecule has 0 atom stereocenters. The Balaban J connectivity index is 2.13. The molecule has 0 unspecified atom stereocenters. The zero-order chi connectivity index (χ0) is 13.1. The molecule has 0 N–H and O–H groups in total. The molecular weight excluding hydrogens is 258 g/mol. The third-order valence-corrected chi connectivity index (χ3v) is 2.78. The average Bonchev–Trinajstić information content (AvgIpc) is 2.32. The van der Waals surface area contributed by atoms with E-state index in [-0.39, 0.29) is 12.4 Å². The molecule has 1 nitrogen and oxygen atoms in total. The summed E-state index contributed by atoms with van der Waals surface area (Å²) in [6, 6.07) is 8.60. The van der Waals surface area contributed by atoms with Crippen LogP contribution in [-0.4, -0.2) is 0 Å². The molecule has 4 heteroatoms. The third kappa shape index (κ3) is 2.99. The SMILES string of the molecule is Cc1ccc(F)cc1OCc1ccc(Cl)cc1F. The highest BCUT2D eigenvalue weighted by molar-refractivity contribution is 6.30. The summed E-state index contributed by atoms with van der Waals surface area (Å²) in [6.45, 7) is 1.83. The van der Waals surface area contributed by atoms with Crippen LogP contribution < -0.4 is 4.74 Å². The fraction of sp³-hybridized carbons (Fsp3) is 0.143. The molecule has 0 saturated carbocycles. The fourth-order valence-corrected chi connectivity index (χ4v) is 1.68. The number of benzene rings is 2. The Morgan fingerprint density at radius 2 is 1.89 bits per heavy atom. The number of rotatable bonds is 3. The van der Waals surface area contributed by atoms with Gasteiger partial charge in [-0.2, -0.15) is 0 Å². The molecule has 0 spiro atoms. The van der Waals surface area contributed by atoms with Crippen molar-refractivity contribution >= 4 is 11.6 Å². The molecule has 18 heavy (non-hydrogen) atoms. The number of ether oxygens (including phenoxy) is 1. The Morgan fingerprint density at radius 3 is 2.61 bits per heavy atom. The van der Waals surface area contributed by atoms with Crippen LogP contribution in [0.4, 0.5) is 8.78 Å². The zero-order valence-corrected chi connectivity index (χ0v) is 10.5. The van der Waals surface area contributed by atoms with Crippen molar-refractivity contribution in [2.45, 2.75) is 13.5 Å². The fourth-order valence-electron chi connectivity index (χ4n) is 1.52. The molecular formula is C14H11ClF2O. The Bertz CT molecular complexity index is 570. The molecule has 0 bridgehead atoms. The Morgan fingerprint density at radius 1 is 1.11 bits per heavy atom. The van der Waals surface area contributed by atoms with Crippen molar-refractivity contribution in [1.29, 1.82) is 0 Å². The molecule has 0 amide bonds. The Labute approximate surface area is 109 Å². The standard InChI is InChI=1S/C14H11ClF2O/c1-9-2-5-12(16)7-14(9)18-8-10-3-4-11(15)6-13(10)17/h2-7H,8H2,1H3. The summed E-state index contributed by atoms with van der Waals surface area (Å²) in [5.74, 6) is -0.409. The second-order valence-electron chi connectivity index (χ2n) is 3.93. The van der Waals surface area contributed by atoms with E-state index in [1.165, 1.54) is 18.2 Å². The molecule has 2 aromatic rings. The molecule has 2 aromatic carbocycles. The van der Waals surface area contributed by atoms with Crippen LogP contribution in [0.15, 0.2) is 36.4 Å². The maximum atomic E-state index is 13.5. The predicted octanol–water partition coefficient (Wildman–Crippen LogP) is 4.51. The van der Waals surface area contributed by atoms with Crippen LogP contribution in [0, 0.1) is 18.6 Å². The molecule has 0 heterocycles. The molecule has 0 fully saturated rings. The van der Waals surface area contributed by atoms with E-state index in [0.717, 1.165) is 5.56 Å². The van der Waals surface area contributed by atoms with E-state index in [1.54, 1.807) is 25.1 Å². The van der Waals surface area contributed by atoms with Crippen LogP contribution in [0.3, 0.4) is 0 Å². The lowest BCUT2D eigenvalue weighted by molar-refractivity contribution is 0.296. The van der Waals surface area contributed by atoms with Gasteiger partial charge < -0.3 is 4.74 Å². The van der Waals surface area contributed by atoms with Gasteiger partial charge in [0.1, 0.15) is 24.0 Å². The summed E-state index contributed by atoms with van der Waals surface area (Å²) in [4.78, 5) is 0. The van der Waals surface area contributed by atoms with Gasteiger partial charge in [0.2, 0.25) is 0 Å². The van der Waals surface area contributed by atoms with Crippen LogP contribution in [-0.2, 0) is 6.61 Å². The monoisotopic (exact) mass is 268 g/mol. The van der Waals surface area contributed by atoms with Gasteiger partial charge in [-0.05, 0) is 30.7 Å². The number of aryl methyl sites for hydroxylation is 1. The normalized spacial score (nSPS) is 10.4. The number of hydrogen-bond donors (Lipinski definition) is 0. The summed E-state index contributed by atoms with van der Waals surface area (Å²) in [5, 5.41) is 0.332. The lowest BCUT2D eigenvalue weighted by atomic mass is 10.2. The highest BCUT2D eigenvalue weighted by Gasteiger charge is 2.06. The first-order valence-corrected chi connectivity index (χ1v) is 5.77. The molecule has 2 rings (SSSR count). The Kier molecular flexibility index (Phi) is 3.82. The molecule has 94 valence electrons. The maximum absolute atomic E-state index is 13.5. The average molecular weight is 269 g/mol. The van der Waals surface area contributed by atoms with Crippen molar-refractivity contribution in [1.82, 2.24) is 0 Å². The minimum Gasteiger partial charge on any atom is -0.488 e. The third-order valence-electron chi connectivity index (χ3n) is 2.55. The number of halogens is 3. The number of hydrogen-bond acceptors (Lipinski definition) is 1. The topological polar surface area (TPSA) is 9.23 Å². The lowest BCUT2D eigenvalue weighted by Crippen LogP contribution is -2.00. The molecule has 0 aromatic heterocycles. The van der Waals surface area contributed by atoms with Gasteiger partial charge in [0.05, 0.1) is 0 Å². The molecule has 0 aliphatic carbocycles. The van der Waals surface area contributed by atoms with Crippen molar-refractivity contribution in [3.8, 4) is 5.75 Å². The summed E-state index contributed by atoms with van der Waals surface area (Å²) in [5.41, 5.74) is 1.17. The zero-order valence-electron chi connectivity index (χ0n) is 9.71. The van der Waals surface area contributed by atoms with Crippen molar-refractivity contribution in [2.24, 2.45) is 0 Å². The van der Waals surface area contributed by atoms with E-state index in [4.69, 9.17) is 16.3 Å². The van der Waals surface area contributed by atoms with Crippen molar-refractivity contribution < 1.29 is 13.5 Å². The van der Waals surface area contributed by atoms with Gasteiger partial charge in [0.25, 0.3) is 0 Å². The van der Waals surface area contributed by atoms with Gasteiger partial charge in [-0.25, -0.2) is 8.78 Å². The van der Waals surface area contributed by atoms with Crippen LogP contribution >= 0.6 is 11.6 Å². The van der Waals surface area contributed by atoms with Gasteiger partial charge in [-0.3, -0.25) is 0 Å². The Hall–Kier alpha value is -1.61. The van der Waals surface area contributed by atoms with Crippen molar-refractivity contribution in [2.75, 3.05) is 0 Å². The maximum Gasteiger partial charge on any atom is 0.131 e.